The maximum Gasteiger partial charge on any atom is 0.287 e. The standard InChI is InChI=1S/C10H10O2S/c1-7-5-9(12-10(7)11-2)8-3-4-13-6-8/h3-6H,1-2H3. The van der Waals surface area contributed by atoms with Crippen LogP contribution in [-0.4, -0.2) is 7.11 Å². The van der Waals surface area contributed by atoms with Crippen LogP contribution in [0.1, 0.15) is 5.56 Å². The summed E-state index contributed by atoms with van der Waals surface area (Å²) < 4.78 is 10.6. The molecule has 0 radical (unpaired) electrons. The maximum atomic E-state index is 5.49. The summed E-state index contributed by atoms with van der Waals surface area (Å²) in [6.07, 6.45) is 0. The fourth-order valence-corrected chi connectivity index (χ4v) is 1.86. The van der Waals surface area contributed by atoms with Crippen molar-refractivity contribution >= 4 is 11.3 Å². The van der Waals surface area contributed by atoms with Gasteiger partial charge in [-0.2, -0.15) is 11.3 Å². The molecule has 0 spiro atoms. The molecule has 2 nitrogen and oxygen atoms in total. The van der Waals surface area contributed by atoms with E-state index in [9.17, 15) is 0 Å². The van der Waals surface area contributed by atoms with Crippen LogP contribution in [-0.2, 0) is 0 Å². The van der Waals surface area contributed by atoms with Gasteiger partial charge < -0.3 is 9.15 Å². The van der Waals surface area contributed by atoms with Crippen molar-refractivity contribution in [1.29, 1.82) is 0 Å². The van der Waals surface area contributed by atoms with Gasteiger partial charge in [-0.3, -0.25) is 0 Å². The monoisotopic (exact) mass is 194 g/mol. The van der Waals surface area contributed by atoms with Gasteiger partial charge in [-0.25, -0.2) is 0 Å². The van der Waals surface area contributed by atoms with E-state index in [4.69, 9.17) is 9.15 Å². The lowest BCUT2D eigenvalue weighted by Gasteiger charge is -1.93. The number of rotatable bonds is 2. The minimum Gasteiger partial charge on any atom is -0.468 e. The largest absolute Gasteiger partial charge is 0.468 e. The fourth-order valence-electron chi connectivity index (χ4n) is 1.21. The molecule has 68 valence electrons. The summed E-state index contributed by atoms with van der Waals surface area (Å²) in [5.41, 5.74) is 2.14. The Morgan fingerprint density at radius 1 is 1.46 bits per heavy atom. The molecule has 3 heteroatoms. The van der Waals surface area contributed by atoms with Gasteiger partial charge in [0.15, 0.2) is 0 Å². The SMILES string of the molecule is COc1oc(-c2ccsc2)cc1C. The molecule has 2 heterocycles. The van der Waals surface area contributed by atoms with E-state index >= 15 is 0 Å². The Morgan fingerprint density at radius 2 is 2.31 bits per heavy atom. The van der Waals surface area contributed by atoms with Crippen LogP contribution in [0.3, 0.4) is 0 Å². The zero-order valence-corrected chi connectivity index (χ0v) is 8.35. The van der Waals surface area contributed by atoms with Gasteiger partial charge in [0.2, 0.25) is 0 Å². The Balaban J connectivity index is 2.43. The van der Waals surface area contributed by atoms with E-state index in [0.29, 0.717) is 5.95 Å². The summed E-state index contributed by atoms with van der Waals surface area (Å²) in [5.74, 6) is 1.47. The van der Waals surface area contributed by atoms with Crippen LogP contribution in [0, 0.1) is 6.92 Å². The molecule has 0 aliphatic rings. The first-order chi connectivity index (χ1) is 6.31. The molecule has 0 saturated carbocycles. The van der Waals surface area contributed by atoms with Gasteiger partial charge in [0.1, 0.15) is 5.76 Å². The molecule has 0 unspecified atom stereocenters. The van der Waals surface area contributed by atoms with Crippen molar-refractivity contribution in [3.05, 3.63) is 28.5 Å². The number of furan rings is 1. The lowest BCUT2D eigenvalue weighted by molar-refractivity contribution is 0.306. The molecular formula is C10H10O2S. The third-order valence-electron chi connectivity index (χ3n) is 1.86. The van der Waals surface area contributed by atoms with Crippen LogP contribution >= 0.6 is 11.3 Å². The molecule has 0 saturated heterocycles. The highest BCUT2D eigenvalue weighted by Gasteiger charge is 2.09. The molecular weight excluding hydrogens is 184 g/mol. The molecule has 0 amide bonds. The first-order valence-corrected chi connectivity index (χ1v) is 4.92. The summed E-state index contributed by atoms with van der Waals surface area (Å²) in [5, 5.41) is 4.08. The Bertz CT molecular complexity index is 387. The Hall–Kier alpha value is -1.22. The van der Waals surface area contributed by atoms with E-state index in [0.717, 1.165) is 16.9 Å². The minimum atomic E-state index is 0.598. The number of hydrogen-bond donors (Lipinski definition) is 0. The van der Waals surface area contributed by atoms with Crippen molar-refractivity contribution in [3.63, 3.8) is 0 Å². The zero-order valence-electron chi connectivity index (χ0n) is 7.53. The highest BCUT2D eigenvalue weighted by atomic mass is 32.1. The molecule has 13 heavy (non-hydrogen) atoms. The lowest BCUT2D eigenvalue weighted by atomic mass is 10.2. The van der Waals surface area contributed by atoms with Crippen molar-refractivity contribution in [2.75, 3.05) is 7.11 Å². The van der Waals surface area contributed by atoms with Crippen molar-refractivity contribution < 1.29 is 9.15 Å². The fraction of sp³-hybridized carbons (Fsp3) is 0.200. The molecule has 0 aliphatic carbocycles. The second-order valence-corrected chi connectivity index (χ2v) is 3.58. The summed E-state index contributed by atoms with van der Waals surface area (Å²) in [7, 11) is 1.61. The first-order valence-electron chi connectivity index (χ1n) is 3.98. The molecule has 0 bridgehead atoms. The average Bonchev–Trinajstić information content (AvgIpc) is 2.71. The first kappa shape index (κ1) is 8.38. The second kappa shape index (κ2) is 3.26. The zero-order chi connectivity index (χ0) is 9.26. The van der Waals surface area contributed by atoms with Crippen LogP contribution in [0.4, 0.5) is 0 Å². The average molecular weight is 194 g/mol. The van der Waals surface area contributed by atoms with Crippen LogP contribution in [0.15, 0.2) is 27.3 Å². The summed E-state index contributed by atoms with van der Waals surface area (Å²) in [4.78, 5) is 0. The topological polar surface area (TPSA) is 22.4 Å². The van der Waals surface area contributed by atoms with E-state index < -0.39 is 0 Å². The third kappa shape index (κ3) is 1.47. The Kier molecular flexibility index (Phi) is 2.10. The number of hydrogen-bond acceptors (Lipinski definition) is 3. The summed E-state index contributed by atoms with van der Waals surface area (Å²) in [6, 6.07) is 4.02. The highest BCUT2D eigenvalue weighted by molar-refractivity contribution is 7.08. The normalized spacial score (nSPS) is 10.3. The number of aryl methyl sites for hydroxylation is 1. The van der Waals surface area contributed by atoms with Crippen LogP contribution in [0.2, 0.25) is 0 Å². The smallest absolute Gasteiger partial charge is 0.287 e. The van der Waals surface area contributed by atoms with Gasteiger partial charge in [-0.1, -0.05) is 0 Å². The maximum absolute atomic E-state index is 5.49. The van der Waals surface area contributed by atoms with Gasteiger partial charge in [0.05, 0.1) is 7.11 Å². The van der Waals surface area contributed by atoms with Gasteiger partial charge in [-0.05, 0) is 24.4 Å². The molecule has 0 aliphatic heterocycles. The van der Waals surface area contributed by atoms with Gasteiger partial charge in [-0.15, -0.1) is 0 Å². The highest BCUT2D eigenvalue weighted by Crippen LogP contribution is 2.30. The van der Waals surface area contributed by atoms with Crippen LogP contribution in [0.25, 0.3) is 11.3 Å². The molecule has 2 aromatic heterocycles. The Labute approximate surface area is 80.8 Å². The molecule has 0 aromatic carbocycles. The third-order valence-corrected chi connectivity index (χ3v) is 2.55. The minimum absolute atomic E-state index is 0.598. The molecule has 2 rings (SSSR count). The van der Waals surface area contributed by atoms with Gasteiger partial charge in [0.25, 0.3) is 5.95 Å². The molecule has 2 aromatic rings. The van der Waals surface area contributed by atoms with E-state index in [-0.39, 0.29) is 0 Å². The van der Waals surface area contributed by atoms with Crippen molar-refractivity contribution in [2.24, 2.45) is 0 Å². The van der Waals surface area contributed by atoms with Crippen molar-refractivity contribution in [2.45, 2.75) is 6.92 Å². The van der Waals surface area contributed by atoms with Crippen molar-refractivity contribution in [1.82, 2.24) is 0 Å². The Morgan fingerprint density at radius 3 is 2.85 bits per heavy atom. The van der Waals surface area contributed by atoms with Crippen LogP contribution in [0.5, 0.6) is 5.95 Å². The molecule has 0 atom stereocenters. The predicted molar refractivity (Wildman–Crippen MR) is 53.3 cm³/mol. The molecule has 0 fully saturated rings. The second-order valence-electron chi connectivity index (χ2n) is 2.80. The summed E-state index contributed by atoms with van der Waals surface area (Å²) in [6.45, 7) is 1.97. The van der Waals surface area contributed by atoms with E-state index in [1.54, 1.807) is 18.4 Å². The van der Waals surface area contributed by atoms with E-state index in [1.165, 1.54) is 0 Å². The van der Waals surface area contributed by atoms with E-state index in [1.807, 2.05) is 24.4 Å². The quantitative estimate of drug-likeness (QED) is 0.731. The number of ether oxygens (including phenoxy) is 1. The lowest BCUT2D eigenvalue weighted by Crippen LogP contribution is -1.79. The number of thiophene rings is 1. The van der Waals surface area contributed by atoms with Crippen LogP contribution < -0.4 is 4.74 Å². The summed E-state index contributed by atoms with van der Waals surface area (Å²) >= 11 is 1.66. The predicted octanol–water partition coefficient (Wildman–Crippen LogP) is 3.33. The van der Waals surface area contributed by atoms with Crippen molar-refractivity contribution in [3.8, 4) is 17.3 Å². The van der Waals surface area contributed by atoms with Gasteiger partial charge >= 0.3 is 0 Å². The number of methoxy groups -OCH3 is 1. The van der Waals surface area contributed by atoms with E-state index in [2.05, 4.69) is 5.38 Å². The molecule has 0 N–H and O–H groups in total. The van der Waals surface area contributed by atoms with Gasteiger partial charge in [0, 0.05) is 16.5 Å².